The van der Waals surface area contributed by atoms with E-state index in [-0.39, 0.29) is 13.0 Å². The highest BCUT2D eigenvalue weighted by Gasteiger charge is 2.23. The van der Waals surface area contributed by atoms with Gasteiger partial charge in [-0.25, -0.2) is 4.79 Å². The molecule has 0 aliphatic rings. The van der Waals surface area contributed by atoms with Gasteiger partial charge in [-0.1, -0.05) is 65.1 Å². The first-order chi connectivity index (χ1) is 8.92. The van der Waals surface area contributed by atoms with Gasteiger partial charge in [0.15, 0.2) is 0 Å². The number of hydrogen-bond donors (Lipinski definition) is 1. The molecule has 0 unspecified atom stereocenters. The van der Waals surface area contributed by atoms with Gasteiger partial charge < -0.3 is 14.8 Å². The molecule has 1 rings (SSSR count). The Morgan fingerprint density at radius 3 is 2.47 bits per heavy atom. The molecule has 0 heterocycles. The van der Waals surface area contributed by atoms with Crippen LogP contribution in [0.3, 0.4) is 0 Å². The van der Waals surface area contributed by atoms with Crippen LogP contribution >= 0.6 is 34.8 Å². The predicted molar refractivity (Wildman–Crippen MR) is 74.6 cm³/mol. The van der Waals surface area contributed by atoms with E-state index >= 15 is 0 Å². The maximum absolute atomic E-state index is 11.5. The largest absolute Gasteiger partial charge is 0.445 e. The highest BCUT2D eigenvalue weighted by molar-refractivity contribution is 6.67. The van der Waals surface area contributed by atoms with E-state index in [2.05, 4.69) is 5.32 Å². The van der Waals surface area contributed by atoms with Crippen LogP contribution < -0.4 is 5.32 Å². The van der Waals surface area contributed by atoms with Crippen LogP contribution in [0.15, 0.2) is 30.3 Å². The van der Waals surface area contributed by atoms with Crippen LogP contribution in [0.2, 0.25) is 0 Å². The highest BCUT2D eigenvalue weighted by atomic mass is 35.6. The van der Waals surface area contributed by atoms with Crippen LogP contribution in [-0.4, -0.2) is 22.8 Å². The molecule has 1 N–H and O–H groups in total. The Labute approximate surface area is 126 Å². The molecule has 1 atom stereocenters. The fourth-order valence-electron chi connectivity index (χ4n) is 1.39. The highest BCUT2D eigenvalue weighted by Crippen LogP contribution is 2.26. The molecule has 0 saturated carbocycles. The minimum Gasteiger partial charge on any atom is -0.445 e. The molecule has 0 aliphatic carbocycles. The van der Waals surface area contributed by atoms with Crippen molar-refractivity contribution in [2.45, 2.75) is 16.3 Å². The number of carbonyl (C=O) groups is 2. The molecule has 0 aromatic heterocycles. The van der Waals surface area contributed by atoms with Gasteiger partial charge in [-0.15, -0.1) is 0 Å². The summed E-state index contributed by atoms with van der Waals surface area (Å²) >= 11 is 16.4. The average molecular weight is 325 g/mol. The summed E-state index contributed by atoms with van der Waals surface area (Å²) < 4.78 is 3.08. The van der Waals surface area contributed by atoms with Crippen LogP contribution in [-0.2, 0) is 9.53 Å². The van der Waals surface area contributed by atoms with Gasteiger partial charge in [0.05, 0.1) is 6.04 Å². The van der Waals surface area contributed by atoms with Gasteiger partial charge in [0, 0.05) is 6.42 Å². The summed E-state index contributed by atoms with van der Waals surface area (Å²) in [7, 11) is 0. The fourth-order valence-corrected chi connectivity index (χ4v) is 1.55. The van der Waals surface area contributed by atoms with Crippen molar-refractivity contribution in [2.24, 2.45) is 0 Å². The molecule has 1 aromatic carbocycles. The van der Waals surface area contributed by atoms with Crippen LogP contribution in [0.5, 0.6) is 0 Å². The van der Waals surface area contributed by atoms with Gasteiger partial charge in [-0.3, -0.25) is 0 Å². The summed E-state index contributed by atoms with van der Waals surface area (Å²) in [4.78, 5) is 22.2. The average Bonchev–Trinajstić information content (AvgIpc) is 2.36. The summed E-state index contributed by atoms with van der Waals surface area (Å²) in [5.74, 6) is 0. The second-order valence-corrected chi connectivity index (χ2v) is 6.22. The van der Waals surface area contributed by atoms with E-state index in [9.17, 15) is 9.59 Å². The summed E-state index contributed by atoms with van der Waals surface area (Å²) in [6.07, 6.45) is 0.0989. The Hall–Kier alpha value is -0.970. The van der Waals surface area contributed by atoms with Crippen molar-refractivity contribution in [3.63, 3.8) is 0 Å². The van der Waals surface area contributed by atoms with E-state index in [4.69, 9.17) is 39.5 Å². The van der Waals surface area contributed by atoms with Crippen LogP contribution in [0, 0.1) is 0 Å². The number of alkyl halides is 3. The number of ether oxygens (including phenoxy) is 1. The summed E-state index contributed by atoms with van der Waals surface area (Å²) in [5, 5.41) is 2.54. The number of amides is 1. The molecule has 19 heavy (non-hydrogen) atoms. The molecule has 0 saturated heterocycles. The number of halogens is 3. The van der Waals surface area contributed by atoms with E-state index in [0.29, 0.717) is 6.29 Å². The first-order valence-electron chi connectivity index (χ1n) is 5.41. The fraction of sp³-hybridized carbons (Fsp3) is 0.333. The van der Waals surface area contributed by atoms with Gasteiger partial charge >= 0.3 is 6.09 Å². The number of hydrogen-bond acceptors (Lipinski definition) is 3. The smallest absolute Gasteiger partial charge is 0.407 e. The van der Waals surface area contributed by atoms with Crippen molar-refractivity contribution in [1.29, 1.82) is 0 Å². The number of aldehydes is 1. The lowest BCUT2D eigenvalue weighted by Crippen LogP contribution is -2.31. The molecule has 0 fully saturated rings. The molecular formula is C12H12Cl3NO3. The van der Waals surface area contributed by atoms with Gasteiger partial charge in [0.2, 0.25) is 3.79 Å². The lowest BCUT2D eigenvalue weighted by Gasteiger charge is -2.18. The third-order valence-electron chi connectivity index (χ3n) is 2.19. The van der Waals surface area contributed by atoms with Gasteiger partial charge in [-0.05, 0) is 5.56 Å². The van der Waals surface area contributed by atoms with Crippen LogP contribution in [0.4, 0.5) is 4.79 Å². The minimum absolute atomic E-state index is 0.132. The van der Waals surface area contributed by atoms with E-state index in [1.165, 1.54) is 0 Å². The summed E-state index contributed by atoms with van der Waals surface area (Å²) in [6, 6.07) is 8.57. The molecule has 1 amide bonds. The van der Waals surface area contributed by atoms with E-state index in [0.717, 1.165) is 5.56 Å². The maximum atomic E-state index is 11.5. The van der Waals surface area contributed by atoms with Crippen LogP contribution in [0.25, 0.3) is 0 Å². The molecule has 104 valence electrons. The standard InChI is InChI=1S/C12H12Cl3NO3/c13-12(14,15)8-19-11(18)16-10(6-7-17)9-4-2-1-3-5-9/h1-5,7,10H,6,8H2,(H,16,18)/t10-/m0/s1. The lowest BCUT2D eigenvalue weighted by molar-refractivity contribution is -0.108. The first kappa shape index (κ1) is 16.1. The van der Waals surface area contributed by atoms with Gasteiger partial charge in [0.1, 0.15) is 12.9 Å². The van der Waals surface area contributed by atoms with Crippen molar-refractivity contribution >= 4 is 47.2 Å². The molecule has 0 bridgehead atoms. The minimum atomic E-state index is -1.66. The molecule has 1 aromatic rings. The molecule has 0 spiro atoms. The molecular weight excluding hydrogens is 312 g/mol. The van der Waals surface area contributed by atoms with Crippen molar-refractivity contribution in [3.8, 4) is 0 Å². The van der Waals surface area contributed by atoms with E-state index < -0.39 is 15.9 Å². The Kier molecular flexibility index (Phi) is 6.42. The van der Waals surface area contributed by atoms with E-state index in [1.807, 2.05) is 18.2 Å². The number of carbonyl (C=O) groups excluding carboxylic acids is 2. The molecule has 0 radical (unpaired) electrons. The molecule has 7 heteroatoms. The maximum Gasteiger partial charge on any atom is 0.407 e. The Morgan fingerprint density at radius 2 is 1.95 bits per heavy atom. The second kappa shape index (κ2) is 7.58. The van der Waals surface area contributed by atoms with Crippen LogP contribution in [0.1, 0.15) is 18.0 Å². The summed E-state index contributed by atoms with van der Waals surface area (Å²) in [6.45, 7) is -0.369. The Morgan fingerprint density at radius 1 is 1.32 bits per heavy atom. The number of benzene rings is 1. The normalized spacial score (nSPS) is 12.6. The lowest BCUT2D eigenvalue weighted by atomic mass is 10.1. The van der Waals surface area contributed by atoms with Gasteiger partial charge in [-0.2, -0.15) is 0 Å². The zero-order valence-electron chi connectivity index (χ0n) is 9.81. The number of alkyl carbamates (subject to hydrolysis) is 1. The van der Waals surface area contributed by atoms with Crippen molar-refractivity contribution in [2.75, 3.05) is 6.61 Å². The van der Waals surface area contributed by atoms with Crippen molar-refractivity contribution in [3.05, 3.63) is 35.9 Å². The Balaban J connectivity index is 2.59. The summed E-state index contributed by atoms with van der Waals surface area (Å²) in [5.41, 5.74) is 0.792. The first-order valence-corrected chi connectivity index (χ1v) is 6.54. The van der Waals surface area contributed by atoms with Gasteiger partial charge in [0.25, 0.3) is 0 Å². The quantitative estimate of drug-likeness (QED) is 0.667. The number of nitrogens with one attached hydrogen (secondary N) is 1. The zero-order chi connectivity index (χ0) is 14.3. The Bertz CT molecular complexity index is 420. The SMILES string of the molecule is O=CC[C@H](NC(=O)OCC(Cl)(Cl)Cl)c1ccccc1. The topological polar surface area (TPSA) is 55.4 Å². The second-order valence-electron chi connectivity index (χ2n) is 3.70. The molecule has 0 aliphatic heterocycles. The monoisotopic (exact) mass is 323 g/mol. The predicted octanol–water partition coefficient (Wildman–Crippen LogP) is 3.41. The third-order valence-corrected chi connectivity index (χ3v) is 2.52. The van der Waals surface area contributed by atoms with Crippen molar-refractivity contribution in [1.82, 2.24) is 5.32 Å². The number of rotatable bonds is 5. The third kappa shape index (κ3) is 6.66. The zero-order valence-corrected chi connectivity index (χ0v) is 12.1. The van der Waals surface area contributed by atoms with E-state index in [1.54, 1.807) is 12.1 Å². The molecule has 4 nitrogen and oxygen atoms in total. The van der Waals surface area contributed by atoms with Crippen molar-refractivity contribution < 1.29 is 14.3 Å².